The molecule has 1 aromatic carbocycles. The van der Waals surface area contributed by atoms with E-state index >= 15 is 0 Å². The Bertz CT molecular complexity index is 885. The zero-order valence-electron chi connectivity index (χ0n) is 18.0. The maximum Gasteiger partial charge on any atom is 0.495 e. The lowest BCUT2D eigenvalue weighted by atomic mass is 9.78. The van der Waals surface area contributed by atoms with Crippen molar-refractivity contribution >= 4 is 18.5 Å². The minimum atomic E-state index is -4.95. The van der Waals surface area contributed by atoms with Gasteiger partial charge in [0.05, 0.1) is 31.4 Å². The van der Waals surface area contributed by atoms with E-state index in [9.17, 15) is 31.9 Å². The number of alkyl halides is 5. The van der Waals surface area contributed by atoms with E-state index in [1.807, 2.05) is 0 Å². The highest BCUT2D eigenvalue weighted by Crippen LogP contribution is 2.41. The first kappa shape index (κ1) is 24.5. The molecule has 178 valence electrons. The molecule has 0 spiro atoms. The maximum absolute atomic E-state index is 13.1. The number of hydrogen-bond donors (Lipinski definition) is 1. The van der Waals surface area contributed by atoms with Gasteiger partial charge in [0, 0.05) is 0 Å². The third-order valence-corrected chi connectivity index (χ3v) is 5.98. The highest BCUT2D eigenvalue weighted by molar-refractivity contribution is 6.62. The van der Waals surface area contributed by atoms with E-state index in [2.05, 4.69) is 4.74 Å². The number of halogens is 5. The molecule has 0 radical (unpaired) electrons. The molecule has 2 heterocycles. The van der Waals surface area contributed by atoms with Gasteiger partial charge in [-0.3, -0.25) is 4.79 Å². The van der Waals surface area contributed by atoms with Crippen LogP contribution in [0.25, 0.3) is 0 Å². The van der Waals surface area contributed by atoms with Crippen molar-refractivity contribution in [3.8, 4) is 11.5 Å². The van der Waals surface area contributed by atoms with E-state index in [-0.39, 0.29) is 11.2 Å². The van der Waals surface area contributed by atoms with Crippen LogP contribution >= 0.6 is 0 Å². The normalized spacial score (nSPS) is 21.5. The molecule has 1 aromatic rings. The highest BCUT2D eigenvalue weighted by atomic mass is 19.4. The number of carbonyl (C=O) groups is 1. The number of methoxy groups -OCH3 is 1. The SMILES string of the molecule is COc1cc(B2OC(C)(C)C(C)(C)O2)cc(OC(F)F)c1C(=O)N1CC(O)(C(F)(F)F)C1. The molecule has 3 rings (SSSR count). The van der Waals surface area contributed by atoms with Crippen LogP contribution in [0.1, 0.15) is 38.1 Å². The van der Waals surface area contributed by atoms with Crippen LogP contribution in [0.15, 0.2) is 12.1 Å². The second-order valence-corrected chi connectivity index (χ2v) is 8.75. The fraction of sp³-hybridized carbons (Fsp3) is 0.632. The van der Waals surface area contributed by atoms with Crippen molar-refractivity contribution in [3.05, 3.63) is 17.7 Å². The van der Waals surface area contributed by atoms with Gasteiger partial charge in [0.15, 0.2) is 5.60 Å². The summed E-state index contributed by atoms with van der Waals surface area (Å²) in [4.78, 5) is 13.5. The number of β-amino-alcohol motifs (C(OH)–C–C–N with tert-alkyl or cyclic N) is 1. The fourth-order valence-corrected chi connectivity index (χ4v) is 3.35. The van der Waals surface area contributed by atoms with Gasteiger partial charge in [-0.25, -0.2) is 0 Å². The van der Waals surface area contributed by atoms with E-state index in [1.165, 1.54) is 6.07 Å². The average Bonchev–Trinajstić information content (AvgIpc) is 2.83. The largest absolute Gasteiger partial charge is 0.496 e. The van der Waals surface area contributed by atoms with Crippen molar-refractivity contribution in [1.82, 2.24) is 4.90 Å². The molecule has 0 unspecified atom stereocenters. The van der Waals surface area contributed by atoms with Gasteiger partial charge in [-0.2, -0.15) is 22.0 Å². The molecule has 0 bridgehead atoms. The number of amides is 1. The number of aliphatic hydroxyl groups is 1. The van der Waals surface area contributed by atoms with Gasteiger partial charge in [0.1, 0.15) is 17.1 Å². The Morgan fingerprint density at radius 3 is 2.06 bits per heavy atom. The van der Waals surface area contributed by atoms with Crippen LogP contribution in [-0.4, -0.2) is 72.8 Å². The van der Waals surface area contributed by atoms with E-state index in [0.717, 1.165) is 13.2 Å². The Morgan fingerprint density at radius 2 is 1.62 bits per heavy atom. The smallest absolute Gasteiger partial charge is 0.495 e. The summed E-state index contributed by atoms with van der Waals surface area (Å²) in [5, 5.41) is 9.61. The molecule has 2 aliphatic rings. The van der Waals surface area contributed by atoms with E-state index in [4.69, 9.17) is 14.0 Å². The molecular formula is C19H23BF5NO6. The van der Waals surface area contributed by atoms with Crippen molar-refractivity contribution in [2.24, 2.45) is 0 Å². The number of nitrogens with zero attached hydrogens (tertiary/aromatic N) is 1. The number of ether oxygens (including phenoxy) is 2. The van der Waals surface area contributed by atoms with Crippen LogP contribution in [0.3, 0.4) is 0 Å². The highest BCUT2D eigenvalue weighted by Gasteiger charge is 2.62. The molecule has 32 heavy (non-hydrogen) atoms. The lowest BCUT2D eigenvalue weighted by Gasteiger charge is -2.47. The monoisotopic (exact) mass is 467 g/mol. The van der Waals surface area contributed by atoms with Crippen molar-refractivity contribution in [3.63, 3.8) is 0 Å². The standard InChI is InChI=1S/C19H23BF5NO6/c1-16(2)17(3,4)32-20(31-16)10-6-11(29-5)13(12(7-10)30-15(21)22)14(27)26-8-18(28,9-26)19(23,24)25/h6-7,15,28H,8-9H2,1-5H3. The van der Waals surface area contributed by atoms with Gasteiger partial charge < -0.3 is 28.8 Å². The second kappa shape index (κ2) is 7.74. The van der Waals surface area contributed by atoms with Crippen molar-refractivity contribution in [2.45, 2.75) is 57.3 Å². The van der Waals surface area contributed by atoms with Gasteiger partial charge in [-0.1, -0.05) is 0 Å². The van der Waals surface area contributed by atoms with Crippen LogP contribution in [-0.2, 0) is 9.31 Å². The van der Waals surface area contributed by atoms with Crippen LogP contribution in [0.4, 0.5) is 22.0 Å². The Hall–Kier alpha value is -2.12. The van der Waals surface area contributed by atoms with Crippen LogP contribution < -0.4 is 14.9 Å². The van der Waals surface area contributed by atoms with Gasteiger partial charge in [-0.15, -0.1) is 0 Å². The first-order valence-corrected chi connectivity index (χ1v) is 9.62. The molecule has 0 saturated carbocycles. The number of rotatable bonds is 5. The maximum atomic E-state index is 13.1. The average molecular weight is 467 g/mol. The van der Waals surface area contributed by atoms with Gasteiger partial charge >= 0.3 is 19.9 Å². The summed E-state index contributed by atoms with van der Waals surface area (Å²) in [7, 11) is 0.159. The number of hydrogen-bond acceptors (Lipinski definition) is 6. The molecule has 13 heteroatoms. The summed E-state index contributed by atoms with van der Waals surface area (Å²) in [5.41, 5.74) is -4.85. The molecule has 2 fully saturated rings. The van der Waals surface area contributed by atoms with Crippen molar-refractivity contribution in [2.75, 3.05) is 20.2 Å². The first-order chi connectivity index (χ1) is 14.5. The molecule has 1 amide bonds. The van der Waals surface area contributed by atoms with Crippen LogP contribution in [0.2, 0.25) is 0 Å². The minimum absolute atomic E-state index is 0.211. The molecule has 0 aliphatic carbocycles. The zero-order valence-corrected chi connectivity index (χ0v) is 18.0. The fourth-order valence-electron chi connectivity index (χ4n) is 3.35. The summed E-state index contributed by atoms with van der Waals surface area (Å²) < 4.78 is 86.3. The van der Waals surface area contributed by atoms with Crippen molar-refractivity contribution in [1.29, 1.82) is 0 Å². The van der Waals surface area contributed by atoms with Gasteiger partial charge in [0.25, 0.3) is 5.91 Å². The molecule has 1 N–H and O–H groups in total. The Morgan fingerprint density at radius 1 is 1.12 bits per heavy atom. The lowest BCUT2D eigenvalue weighted by Crippen LogP contribution is -2.70. The quantitative estimate of drug-likeness (QED) is 0.530. The summed E-state index contributed by atoms with van der Waals surface area (Å²) in [5.74, 6) is -1.90. The molecule has 0 atom stereocenters. The van der Waals surface area contributed by atoms with E-state index in [1.54, 1.807) is 27.7 Å². The van der Waals surface area contributed by atoms with Crippen LogP contribution in [0, 0.1) is 0 Å². The second-order valence-electron chi connectivity index (χ2n) is 8.75. The molecule has 0 aromatic heterocycles. The Balaban J connectivity index is 1.97. The van der Waals surface area contributed by atoms with Gasteiger partial charge in [0.2, 0.25) is 0 Å². The Kier molecular flexibility index (Phi) is 5.93. The Labute approximate surface area is 181 Å². The van der Waals surface area contributed by atoms with Crippen LogP contribution in [0.5, 0.6) is 11.5 Å². The number of likely N-dealkylation sites (tertiary alicyclic amines) is 1. The topological polar surface area (TPSA) is 77.5 Å². The number of benzene rings is 1. The first-order valence-electron chi connectivity index (χ1n) is 9.62. The predicted molar refractivity (Wildman–Crippen MR) is 102 cm³/mol. The summed E-state index contributed by atoms with van der Waals surface area (Å²) >= 11 is 0. The molecule has 7 nitrogen and oxygen atoms in total. The third-order valence-electron chi connectivity index (χ3n) is 5.98. The van der Waals surface area contributed by atoms with E-state index < -0.39 is 67.0 Å². The summed E-state index contributed by atoms with van der Waals surface area (Å²) in [6.45, 7) is 1.70. The number of carbonyl (C=O) groups excluding carboxylic acids is 1. The summed E-state index contributed by atoms with van der Waals surface area (Å²) in [6.07, 6.45) is -4.95. The van der Waals surface area contributed by atoms with E-state index in [0.29, 0.717) is 4.90 Å². The third kappa shape index (κ3) is 4.13. The molecule has 2 aliphatic heterocycles. The van der Waals surface area contributed by atoms with Crippen molar-refractivity contribution < 1.29 is 50.6 Å². The predicted octanol–water partition coefficient (Wildman–Crippen LogP) is 2.35. The summed E-state index contributed by atoms with van der Waals surface area (Å²) in [6, 6.07) is 2.41. The lowest BCUT2D eigenvalue weighted by molar-refractivity contribution is -0.294. The zero-order chi connectivity index (χ0) is 24.3. The van der Waals surface area contributed by atoms with Gasteiger partial charge in [-0.05, 0) is 45.3 Å². The molecular weight excluding hydrogens is 444 g/mol. The minimum Gasteiger partial charge on any atom is -0.496 e. The molecule has 2 saturated heterocycles.